The van der Waals surface area contributed by atoms with Crippen molar-refractivity contribution in [1.82, 2.24) is 9.13 Å². The van der Waals surface area contributed by atoms with Crippen LogP contribution in [0.4, 0.5) is 0 Å². The normalized spacial score (nSPS) is 11.9. The van der Waals surface area contributed by atoms with Gasteiger partial charge in [-0.05, 0) is 74.3 Å². The molecule has 0 N–H and O–H groups in total. The van der Waals surface area contributed by atoms with Gasteiger partial charge >= 0.3 is 0 Å². The maximum atomic E-state index is 2.55. The van der Waals surface area contributed by atoms with Gasteiger partial charge in [-0.25, -0.2) is 0 Å². The molecule has 11 aromatic rings. The van der Waals surface area contributed by atoms with E-state index in [0.29, 0.717) is 0 Å². The molecule has 0 radical (unpaired) electrons. The molecule has 2 aromatic heterocycles. The summed E-state index contributed by atoms with van der Waals surface area (Å²) < 4.78 is 4.98. The van der Waals surface area contributed by atoms with E-state index in [-0.39, 0.29) is 0 Å². The van der Waals surface area contributed by atoms with E-state index >= 15 is 0 Å². The number of para-hydroxylation sites is 3. The average Bonchev–Trinajstić information content (AvgIpc) is 3.81. The Labute approximate surface area is 333 Å². The van der Waals surface area contributed by atoms with E-state index in [0.717, 1.165) is 11.4 Å². The van der Waals surface area contributed by atoms with Crippen LogP contribution in [0.25, 0.3) is 66.1 Å². The van der Waals surface area contributed by atoms with Crippen LogP contribution in [0.1, 0.15) is 0 Å². The van der Waals surface area contributed by atoms with Crippen LogP contribution in [0.2, 0.25) is 0 Å². The molecule has 0 saturated carbocycles. The van der Waals surface area contributed by atoms with Gasteiger partial charge in [0.25, 0.3) is 0 Å². The molecule has 2 heterocycles. The first-order valence-corrected chi connectivity index (χ1v) is 21.7. The molecular weight excluding hydrogens is 705 g/mol. The molecule has 0 fully saturated rings. The molecule has 57 heavy (non-hydrogen) atoms. The standard InChI is InChI=1S/C54H38N2Si/c1-5-19-39(20-6-1)40-21-17-22-41(37-40)55-50-32-15-14-30-47(50)49-38-42(35-36-52(49)55)56-51-33-16-13-29-46(51)48-31-18-34-53(54(48)56)57(43-23-7-2-8-24-43,44-25-9-3-10-26-44)45-27-11-4-12-28-45/h1-38H. The van der Waals surface area contributed by atoms with Gasteiger partial charge in [-0.3, -0.25) is 0 Å². The Bertz CT molecular complexity index is 3120. The fourth-order valence-electron chi connectivity index (χ4n) is 9.45. The Morgan fingerprint density at radius 1 is 0.281 bits per heavy atom. The van der Waals surface area contributed by atoms with Gasteiger partial charge in [0.15, 0.2) is 8.07 Å². The van der Waals surface area contributed by atoms with Crippen molar-refractivity contribution in [3.05, 3.63) is 231 Å². The summed E-state index contributed by atoms with van der Waals surface area (Å²) in [5.74, 6) is 0. The highest BCUT2D eigenvalue weighted by Gasteiger charge is 2.43. The maximum Gasteiger partial charge on any atom is 0.181 e. The van der Waals surface area contributed by atoms with Crippen LogP contribution >= 0.6 is 0 Å². The highest BCUT2D eigenvalue weighted by molar-refractivity contribution is 7.20. The molecule has 9 aromatic carbocycles. The van der Waals surface area contributed by atoms with E-state index in [2.05, 4.69) is 240 Å². The minimum absolute atomic E-state index is 1.15. The summed E-state index contributed by atoms with van der Waals surface area (Å²) in [6.45, 7) is 0. The van der Waals surface area contributed by atoms with Gasteiger partial charge in [0.1, 0.15) is 0 Å². The van der Waals surface area contributed by atoms with Crippen molar-refractivity contribution in [2.45, 2.75) is 0 Å². The van der Waals surface area contributed by atoms with Crippen molar-refractivity contribution in [3.63, 3.8) is 0 Å². The zero-order valence-electron chi connectivity index (χ0n) is 31.3. The predicted octanol–water partition coefficient (Wildman–Crippen LogP) is 10.9. The molecule has 0 aliphatic rings. The van der Waals surface area contributed by atoms with E-state index in [4.69, 9.17) is 0 Å². The Morgan fingerprint density at radius 2 is 0.737 bits per heavy atom. The van der Waals surface area contributed by atoms with E-state index < -0.39 is 8.07 Å². The van der Waals surface area contributed by atoms with Crippen LogP contribution < -0.4 is 20.7 Å². The Kier molecular flexibility index (Phi) is 7.87. The molecule has 0 aliphatic carbocycles. The molecule has 0 aliphatic heterocycles. The fraction of sp³-hybridized carbons (Fsp3) is 0. The molecule has 0 bridgehead atoms. The summed E-state index contributed by atoms with van der Waals surface area (Å²) in [6, 6.07) is 85.2. The van der Waals surface area contributed by atoms with Crippen molar-refractivity contribution >= 4 is 72.4 Å². The minimum Gasteiger partial charge on any atom is -0.309 e. The Balaban J connectivity index is 1.23. The maximum absolute atomic E-state index is 2.89. The zero-order valence-corrected chi connectivity index (χ0v) is 32.3. The summed E-state index contributed by atoms with van der Waals surface area (Å²) in [4.78, 5) is 0. The van der Waals surface area contributed by atoms with Gasteiger partial charge in [0.2, 0.25) is 0 Å². The first kappa shape index (κ1) is 33.2. The topological polar surface area (TPSA) is 9.86 Å². The van der Waals surface area contributed by atoms with Crippen molar-refractivity contribution in [2.75, 3.05) is 0 Å². The summed E-state index contributed by atoms with van der Waals surface area (Å²) in [5.41, 5.74) is 9.57. The lowest BCUT2D eigenvalue weighted by atomic mass is 10.1. The highest BCUT2D eigenvalue weighted by atomic mass is 28.3. The second-order valence-corrected chi connectivity index (χ2v) is 18.6. The van der Waals surface area contributed by atoms with E-state index in [1.54, 1.807) is 0 Å². The smallest absolute Gasteiger partial charge is 0.181 e. The van der Waals surface area contributed by atoms with Crippen molar-refractivity contribution in [3.8, 4) is 22.5 Å². The molecule has 268 valence electrons. The highest BCUT2D eigenvalue weighted by Crippen LogP contribution is 2.37. The summed E-state index contributed by atoms with van der Waals surface area (Å²) in [5, 5.41) is 10.5. The quantitative estimate of drug-likeness (QED) is 0.114. The molecule has 0 amide bonds. The molecule has 3 heteroatoms. The largest absolute Gasteiger partial charge is 0.309 e. The molecule has 0 saturated heterocycles. The predicted molar refractivity (Wildman–Crippen MR) is 244 cm³/mol. The van der Waals surface area contributed by atoms with Gasteiger partial charge in [-0.2, -0.15) is 0 Å². The third-order valence-corrected chi connectivity index (χ3v) is 16.7. The fourth-order valence-corrected chi connectivity index (χ4v) is 14.4. The van der Waals surface area contributed by atoms with Crippen LogP contribution in [0.5, 0.6) is 0 Å². The van der Waals surface area contributed by atoms with Crippen molar-refractivity contribution in [1.29, 1.82) is 0 Å². The third kappa shape index (κ3) is 5.17. The monoisotopic (exact) mass is 742 g/mol. The minimum atomic E-state index is -2.89. The first-order chi connectivity index (χ1) is 28.3. The van der Waals surface area contributed by atoms with Gasteiger partial charge in [0, 0.05) is 32.9 Å². The van der Waals surface area contributed by atoms with Gasteiger partial charge < -0.3 is 9.13 Å². The third-order valence-electron chi connectivity index (χ3n) is 11.8. The lowest BCUT2D eigenvalue weighted by Crippen LogP contribution is -2.75. The lowest BCUT2D eigenvalue weighted by molar-refractivity contribution is 1.17. The van der Waals surface area contributed by atoms with Crippen LogP contribution in [0.15, 0.2) is 231 Å². The number of nitrogens with zero attached hydrogens (tertiary/aromatic N) is 2. The van der Waals surface area contributed by atoms with Gasteiger partial charge in [-0.1, -0.05) is 188 Å². The number of fused-ring (bicyclic) bond motifs is 6. The summed E-state index contributed by atoms with van der Waals surface area (Å²) in [7, 11) is -2.89. The van der Waals surface area contributed by atoms with Crippen molar-refractivity contribution < 1.29 is 0 Å². The summed E-state index contributed by atoms with van der Waals surface area (Å²) >= 11 is 0. The number of hydrogen-bond donors (Lipinski definition) is 0. The molecular formula is C54H38N2Si. The first-order valence-electron chi connectivity index (χ1n) is 19.7. The second-order valence-electron chi connectivity index (χ2n) is 14.9. The Hall–Kier alpha value is -7.20. The van der Waals surface area contributed by atoms with Crippen LogP contribution in [0.3, 0.4) is 0 Å². The number of rotatable bonds is 7. The molecule has 0 unspecified atom stereocenters. The van der Waals surface area contributed by atoms with E-state index in [9.17, 15) is 0 Å². The lowest BCUT2D eigenvalue weighted by Gasteiger charge is -2.35. The zero-order chi connectivity index (χ0) is 37.8. The average molecular weight is 743 g/mol. The second kappa shape index (κ2) is 13.5. The SMILES string of the molecule is c1ccc(-c2cccc(-n3c4ccccc4c4cc(-n5c6ccccc6c6cccc([Si](c7ccccc7)(c7ccccc7)c7ccccc7)c65)ccc43)c2)cc1. The van der Waals surface area contributed by atoms with E-state index in [1.807, 2.05) is 0 Å². The number of aromatic nitrogens is 2. The van der Waals surface area contributed by atoms with Crippen LogP contribution in [0, 0.1) is 0 Å². The molecule has 11 rings (SSSR count). The number of benzene rings is 9. The van der Waals surface area contributed by atoms with Crippen molar-refractivity contribution in [2.24, 2.45) is 0 Å². The van der Waals surface area contributed by atoms with Gasteiger partial charge in [-0.15, -0.1) is 0 Å². The van der Waals surface area contributed by atoms with Gasteiger partial charge in [0.05, 0.1) is 22.1 Å². The number of hydrogen-bond acceptors (Lipinski definition) is 0. The van der Waals surface area contributed by atoms with Crippen LogP contribution in [-0.4, -0.2) is 17.2 Å². The van der Waals surface area contributed by atoms with Crippen LogP contribution in [-0.2, 0) is 0 Å². The molecule has 0 spiro atoms. The molecule has 0 atom stereocenters. The Morgan fingerprint density at radius 3 is 1.37 bits per heavy atom. The summed E-state index contributed by atoms with van der Waals surface area (Å²) in [6.07, 6.45) is 0. The van der Waals surface area contributed by atoms with E-state index in [1.165, 1.54) is 75.5 Å². The molecule has 2 nitrogen and oxygen atoms in total.